The van der Waals surface area contributed by atoms with E-state index in [9.17, 15) is 4.79 Å². The number of benzene rings is 1. The molecular formula is C16H20N4O. The Morgan fingerprint density at radius 3 is 3.19 bits per heavy atom. The van der Waals surface area contributed by atoms with Crippen LogP contribution in [0.2, 0.25) is 0 Å². The maximum atomic E-state index is 12.0. The van der Waals surface area contributed by atoms with E-state index in [0.717, 1.165) is 25.2 Å². The number of amides is 1. The Kier molecular flexibility index (Phi) is 4.19. The molecule has 1 atom stereocenters. The molecule has 5 heteroatoms. The molecule has 1 aromatic heterocycles. The number of carbonyl (C=O) groups excluding carboxylic acids is 1. The van der Waals surface area contributed by atoms with Crippen LogP contribution in [0.15, 0.2) is 43.0 Å². The van der Waals surface area contributed by atoms with E-state index in [2.05, 4.69) is 27.8 Å². The predicted molar refractivity (Wildman–Crippen MR) is 82.1 cm³/mol. The number of aryl methyl sites for hydroxylation is 1. The summed E-state index contributed by atoms with van der Waals surface area (Å²) in [5, 5.41) is 6.35. The molecule has 110 valence electrons. The lowest BCUT2D eigenvalue weighted by Crippen LogP contribution is -2.27. The van der Waals surface area contributed by atoms with Crippen molar-refractivity contribution < 1.29 is 4.79 Å². The lowest BCUT2D eigenvalue weighted by Gasteiger charge is -2.10. The molecule has 2 aromatic rings. The van der Waals surface area contributed by atoms with Crippen LogP contribution in [0.3, 0.4) is 0 Å². The number of fused-ring (bicyclic) bond motifs is 1. The van der Waals surface area contributed by atoms with Crippen LogP contribution >= 0.6 is 0 Å². The second kappa shape index (κ2) is 6.43. The monoisotopic (exact) mass is 284 g/mol. The lowest BCUT2D eigenvalue weighted by molar-refractivity contribution is -0.121. The van der Waals surface area contributed by atoms with Gasteiger partial charge in [0.05, 0.1) is 6.33 Å². The number of carbonyl (C=O) groups is 1. The number of nitrogens with one attached hydrogen (secondary N) is 2. The average Bonchev–Trinajstić information content (AvgIpc) is 3.14. The number of imidazole rings is 1. The minimum atomic E-state index is 0.129. The van der Waals surface area contributed by atoms with Gasteiger partial charge < -0.3 is 15.2 Å². The molecule has 2 N–H and O–H groups in total. The Bertz CT molecular complexity index is 594. The van der Waals surface area contributed by atoms with Crippen molar-refractivity contribution in [2.45, 2.75) is 25.3 Å². The summed E-state index contributed by atoms with van der Waals surface area (Å²) < 4.78 is 2.02. The molecule has 1 aliphatic heterocycles. The van der Waals surface area contributed by atoms with E-state index in [4.69, 9.17) is 0 Å². The molecule has 0 saturated heterocycles. The second-order valence-corrected chi connectivity index (χ2v) is 5.37. The summed E-state index contributed by atoms with van der Waals surface area (Å²) in [5.41, 5.74) is 2.42. The Balaban J connectivity index is 1.41. The van der Waals surface area contributed by atoms with Crippen molar-refractivity contribution in [3.63, 3.8) is 0 Å². The fraction of sp³-hybridized carbons (Fsp3) is 0.375. The van der Waals surface area contributed by atoms with Crippen molar-refractivity contribution in [2.24, 2.45) is 0 Å². The molecule has 1 unspecified atom stereocenters. The normalized spacial score (nSPS) is 16.3. The van der Waals surface area contributed by atoms with E-state index < -0.39 is 0 Å². The summed E-state index contributed by atoms with van der Waals surface area (Å²) in [7, 11) is 0. The fourth-order valence-electron chi connectivity index (χ4n) is 2.74. The SMILES string of the molecule is O=C(CC1CNc2ccccc21)NCCCn1ccnc1. The van der Waals surface area contributed by atoms with Gasteiger partial charge in [0, 0.05) is 50.1 Å². The molecule has 2 heterocycles. The molecule has 21 heavy (non-hydrogen) atoms. The van der Waals surface area contributed by atoms with E-state index >= 15 is 0 Å². The van der Waals surface area contributed by atoms with Gasteiger partial charge in [0.25, 0.3) is 0 Å². The summed E-state index contributed by atoms with van der Waals surface area (Å²) in [4.78, 5) is 16.0. The smallest absolute Gasteiger partial charge is 0.220 e. The number of aromatic nitrogens is 2. The molecule has 1 aromatic carbocycles. The number of anilines is 1. The summed E-state index contributed by atoms with van der Waals surface area (Å²) in [6, 6.07) is 8.22. The number of hydrogen-bond donors (Lipinski definition) is 2. The molecule has 0 radical (unpaired) electrons. The Morgan fingerprint density at radius 2 is 2.33 bits per heavy atom. The van der Waals surface area contributed by atoms with Crippen molar-refractivity contribution in [1.29, 1.82) is 0 Å². The lowest BCUT2D eigenvalue weighted by atomic mass is 9.97. The van der Waals surface area contributed by atoms with Gasteiger partial charge in [-0.05, 0) is 18.1 Å². The maximum Gasteiger partial charge on any atom is 0.220 e. The van der Waals surface area contributed by atoms with Crippen molar-refractivity contribution in [1.82, 2.24) is 14.9 Å². The zero-order chi connectivity index (χ0) is 14.5. The van der Waals surface area contributed by atoms with E-state index in [0.29, 0.717) is 13.0 Å². The molecule has 0 saturated carbocycles. The van der Waals surface area contributed by atoms with E-state index in [1.165, 1.54) is 5.56 Å². The molecule has 5 nitrogen and oxygen atoms in total. The highest BCUT2D eigenvalue weighted by Gasteiger charge is 2.23. The van der Waals surface area contributed by atoms with E-state index in [-0.39, 0.29) is 11.8 Å². The van der Waals surface area contributed by atoms with Crippen LogP contribution < -0.4 is 10.6 Å². The molecule has 1 amide bonds. The number of hydrogen-bond acceptors (Lipinski definition) is 3. The van der Waals surface area contributed by atoms with Gasteiger partial charge in [-0.2, -0.15) is 0 Å². The zero-order valence-corrected chi connectivity index (χ0v) is 12.0. The van der Waals surface area contributed by atoms with E-state index in [1.807, 2.05) is 22.9 Å². The molecule has 0 fully saturated rings. The topological polar surface area (TPSA) is 59.0 Å². The standard InChI is InChI=1S/C16H20N4O/c21-16(18-6-3-8-20-9-7-17-12-20)10-13-11-19-15-5-2-1-4-14(13)15/h1-2,4-5,7,9,12-13,19H,3,6,8,10-11H2,(H,18,21). The summed E-state index contributed by atoms with van der Waals surface area (Å²) in [6.45, 7) is 2.44. The molecule has 3 rings (SSSR count). The Morgan fingerprint density at radius 1 is 1.43 bits per heavy atom. The number of nitrogens with zero attached hydrogens (tertiary/aromatic N) is 2. The van der Waals surface area contributed by atoms with Gasteiger partial charge >= 0.3 is 0 Å². The molecule has 1 aliphatic rings. The summed E-state index contributed by atoms with van der Waals surface area (Å²) >= 11 is 0. The number of rotatable bonds is 6. The van der Waals surface area contributed by atoms with Gasteiger partial charge in [-0.3, -0.25) is 4.79 Å². The predicted octanol–water partition coefficient (Wildman–Crippen LogP) is 1.99. The molecule has 0 spiro atoms. The second-order valence-electron chi connectivity index (χ2n) is 5.37. The van der Waals surface area contributed by atoms with Crippen LogP contribution in [0.5, 0.6) is 0 Å². The van der Waals surface area contributed by atoms with Gasteiger partial charge in [-0.25, -0.2) is 4.98 Å². The fourth-order valence-corrected chi connectivity index (χ4v) is 2.74. The third-order valence-corrected chi connectivity index (χ3v) is 3.85. The van der Waals surface area contributed by atoms with Gasteiger partial charge in [0.2, 0.25) is 5.91 Å². The van der Waals surface area contributed by atoms with Gasteiger partial charge in [0.15, 0.2) is 0 Å². The summed E-state index contributed by atoms with van der Waals surface area (Å²) in [5.74, 6) is 0.416. The van der Waals surface area contributed by atoms with Crippen LogP contribution in [0.4, 0.5) is 5.69 Å². The largest absolute Gasteiger partial charge is 0.384 e. The van der Waals surface area contributed by atoms with Crippen LogP contribution in [0.25, 0.3) is 0 Å². The van der Waals surface area contributed by atoms with Gasteiger partial charge in [0.1, 0.15) is 0 Å². The van der Waals surface area contributed by atoms with Gasteiger partial charge in [-0.15, -0.1) is 0 Å². The molecule has 0 bridgehead atoms. The third kappa shape index (κ3) is 3.42. The first-order valence-electron chi connectivity index (χ1n) is 7.38. The van der Waals surface area contributed by atoms with Crippen LogP contribution in [-0.2, 0) is 11.3 Å². The first kappa shape index (κ1) is 13.7. The zero-order valence-electron chi connectivity index (χ0n) is 12.0. The summed E-state index contributed by atoms with van der Waals surface area (Å²) in [6.07, 6.45) is 6.96. The average molecular weight is 284 g/mol. The van der Waals surface area contributed by atoms with Crippen molar-refractivity contribution >= 4 is 11.6 Å². The highest BCUT2D eigenvalue weighted by molar-refractivity contribution is 5.78. The third-order valence-electron chi connectivity index (χ3n) is 3.85. The first-order valence-corrected chi connectivity index (χ1v) is 7.38. The van der Waals surface area contributed by atoms with Crippen molar-refractivity contribution in [3.05, 3.63) is 48.5 Å². The van der Waals surface area contributed by atoms with Crippen LogP contribution in [0, 0.1) is 0 Å². The Hall–Kier alpha value is -2.30. The van der Waals surface area contributed by atoms with Gasteiger partial charge in [-0.1, -0.05) is 18.2 Å². The quantitative estimate of drug-likeness (QED) is 0.798. The maximum absolute atomic E-state index is 12.0. The van der Waals surface area contributed by atoms with E-state index in [1.54, 1.807) is 12.5 Å². The minimum absolute atomic E-state index is 0.129. The van der Waals surface area contributed by atoms with Crippen molar-refractivity contribution in [2.75, 3.05) is 18.4 Å². The van der Waals surface area contributed by atoms with Crippen molar-refractivity contribution in [3.8, 4) is 0 Å². The molecular weight excluding hydrogens is 264 g/mol. The Labute approximate surface area is 124 Å². The highest BCUT2D eigenvalue weighted by atomic mass is 16.1. The van der Waals surface area contributed by atoms with Crippen LogP contribution in [0.1, 0.15) is 24.3 Å². The number of para-hydroxylation sites is 1. The highest BCUT2D eigenvalue weighted by Crippen LogP contribution is 2.32. The first-order chi connectivity index (χ1) is 10.3. The molecule has 0 aliphatic carbocycles. The minimum Gasteiger partial charge on any atom is -0.384 e. The van der Waals surface area contributed by atoms with Crippen LogP contribution in [-0.4, -0.2) is 28.5 Å².